The predicted octanol–water partition coefficient (Wildman–Crippen LogP) is 2.11. The van der Waals surface area contributed by atoms with E-state index >= 15 is 0 Å². The molecule has 20 heavy (non-hydrogen) atoms. The normalized spacial score (nSPS) is 26.9. The zero-order chi connectivity index (χ0) is 14.3. The largest absolute Gasteiger partial charge is 0.282 e. The Morgan fingerprint density at radius 1 is 1.15 bits per heavy atom. The smallest absolute Gasteiger partial charge is 0.195 e. The maximum absolute atomic E-state index is 12.4. The van der Waals surface area contributed by atoms with Gasteiger partial charge in [-0.3, -0.25) is 0 Å². The van der Waals surface area contributed by atoms with Crippen LogP contribution in [0.2, 0.25) is 0 Å². The Morgan fingerprint density at radius 2 is 1.85 bits per heavy atom. The third-order valence-electron chi connectivity index (χ3n) is 4.20. The fraction of sp³-hybridized carbons (Fsp3) is 0.467. The van der Waals surface area contributed by atoms with Gasteiger partial charge in [-0.05, 0) is 30.4 Å². The fourth-order valence-corrected chi connectivity index (χ4v) is 4.65. The van der Waals surface area contributed by atoms with Crippen LogP contribution < -0.4 is 0 Å². The Hall–Kier alpha value is -1.17. The zero-order valence-electron chi connectivity index (χ0n) is 11.9. The van der Waals surface area contributed by atoms with Crippen LogP contribution in [0.4, 0.5) is 0 Å². The molecule has 0 aliphatic carbocycles. The summed E-state index contributed by atoms with van der Waals surface area (Å²) in [5.74, 6) is 0. The molecule has 0 amide bonds. The number of hydrogen-bond donors (Lipinski definition) is 0. The Morgan fingerprint density at radius 3 is 2.45 bits per heavy atom. The Labute approximate surface area is 120 Å². The van der Waals surface area contributed by atoms with Crippen molar-refractivity contribution in [3.05, 3.63) is 42.0 Å². The molecule has 2 unspecified atom stereocenters. The molecule has 5 heteroatoms. The molecule has 3 rings (SSSR count). The van der Waals surface area contributed by atoms with Gasteiger partial charge < -0.3 is 0 Å². The summed E-state index contributed by atoms with van der Waals surface area (Å²) in [6.07, 6.45) is 4.83. The zero-order valence-corrected chi connectivity index (χ0v) is 12.7. The van der Waals surface area contributed by atoms with Crippen LogP contribution in [0, 0.1) is 0 Å². The van der Waals surface area contributed by atoms with Gasteiger partial charge in [-0.15, -0.1) is 0 Å². The van der Waals surface area contributed by atoms with Crippen molar-refractivity contribution in [2.75, 3.05) is 14.1 Å². The molecule has 1 aromatic rings. The molecule has 0 radical (unpaired) electrons. The highest BCUT2D eigenvalue weighted by Gasteiger charge is 2.44. The molecule has 0 aromatic heterocycles. The number of rotatable bonds is 3. The summed E-state index contributed by atoms with van der Waals surface area (Å²) < 4.78 is 27.8. The number of nitrogens with zero attached hydrogens (tertiary/aromatic N) is 2. The van der Waals surface area contributed by atoms with E-state index in [-0.39, 0.29) is 12.1 Å². The number of fused-ring (bicyclic) bond motifs is 2. The van der Waals surface area contributed by atoms with Crippen LogP contribution in [0.25, 0.3) is 5.57 Å². The molecule has 0 spiro atoms. The third-order valence-corrected chi connectivity index (χ3v) is 6.23. The lowest BCUT2D eigenvalue weighted by Crippen LogP contribution is -2.48. The van der Waals surface area contributed by atoms with E-state index in [1.165, 1.54) is 15.4 Å². The van der Waals surface area contributed by atoms with E-state index < -0.39 is 10.2 Å². The van der Waals surface area contributed by atoms with Gasteiger partial charge in [-0.2, -0.15) is 17.0 Å². The van der Waals surface area contributed by atoms with Crippen LogP contribution in [0.5, 0.6) is 0 Å². The van der Waals surface area contributed by atoms with Gasteiger partial charge >= 0.3 is 0 Å². The van der Waals surface area contributed by atoms with E-state index in [0.29, 0.717) is 0 Å². The molecule has 1 saturated heterocycles. The lowest BCUT2D eigenvalue weighted by atomic mass is 9.96. The summed E-state index contributed by atoms with van der Waals surface area (Å²) in [6.45, 7) is 0. The molecule has 1 fully saturated rings. The van der Waals surface area contributed by atoms with Gasteiger partial charge in [0.05, 0.1) is 0 Å². The highest BCUT2D eigenvalue weighted by atomic mass is 32.2. The van der Waals surface area contributed by atoms with Crippen molar-refractivity contribution in [3.63, 3.8) is 0 Å². The Balaban J connectivity index is 1.94. The fourth-order valence-electron chi connectivity index (χ4n) is 3.21. The van der Waals surface area contributed by atoms with Gasteiger partial charge in [0.25, 0.3) is 10.2 Å². The summed E-state index contributed by atoms with van der Waals surface area (Å²) in [7, 11) is -0.115. The van der Waals surface area contributed by atoms with E-state index in [4.69, 9.17) is 0 Å². The summed E-state index contributed by atoms with van der Waals surface area (Å²) in [5.41, 5.74) is 2.50. The minimum atomic E-state index is -3.32. The SMILES string of the molecule is CN(C)S(=O)(=O)N1C2C=C(c3ccccc3)CC1CC2. The minimum absolute atomic E-state index is 0.0105. The van der Waals surface area contributed by atoms with Crippen molar-refractivity contribution >= 4 is 15.8 Å². The van der Waals surface area contributed by atoms with Crippen molar-refractivity contribution in [1.82, 2.24) is 8.61 Å². The predicted molar refractivity (Wildman–Crippen MR) is 80.3 cm³/mol. The summed E-state index contributed by atoms with van der Waals surface area (Å²) >= 11 is 0. The van der Waals surface area contributed by atoms with E-state index in [9.17, 15) is 8.42 Å². The summed E-state index contributed by atoms with van der Waals surface area (Å²) in [6, 6.07) is 10.4. The maximum Gasteiger partial charge on any atom is 0.282 e. The Bertz CT molecular complexity index is 623. The van der Waals surface area contributed by atoms with Crippen LogP contribution in [0.15, 0.2) is 36.4 Å². The first-order valence-electron chi connectivity index (χ1n) is 6.97. The van der Waals surface area contributed by atoms with Crippen molar-refractivity contribution in [2.45, 2.75) is 31.3 Å². The van der Waals surface area contributed by atoms with E-state index in [0.717, 1.165) is 19.3 Å². The van der Waals surface area contributed by atoms with Crippen molar-refractivity contribution in [1.29, 1.82) is 0 Å². The highest BCUT2D eigenvalue weighted by Crippen LogP contribution is 2.40. The Kier molecular flexibility index (Phi) is 3.44. The lowest BCUT2D eigenvalue weighted by Gasteiger charge is -2.34. The van der Waals surface area contributed by atoms with Gasteiger partial charge in [0.1, 0.15) is 0 Å². The van der Waals surface area contributed by atoms with Gasteiger partial charge in [0.15, 0.2) is 0 Å². The summed E-state index contributed by atoms with van der Waals surface area (Å²) in [4.78, 5) is 0. The van der Waals surface area contributed by atoms with Crippen molar-refractivity contribution in [2.24, 2.45) is 0 Å². The maximum atomic E-state index is 12.4. The molecular weight excluding hydrogens is 272 g/mol. The standard InChI is InChI=1S/C15H20N2O2S/c1-16(2)20(18,19)17-14-8-9-15(17)11-13(10-14)12-6-4-3-5-7-12/h3-7,10,14-15H,8-9,11H2,1-2H3. The average molecular weight is 292 g/mol. The number of benzene rings is 1. The first-order chi connectivity index (χ1) is 9.50. The molecule has 2 bridgehead atoms. The second kappa shape index (κ2) is 4.98. The van der Waals surface area contributed by atoms with E-state index in [1.54, 1.807) is 18.4 Å². The van der Waals surface area contributed by atoms with E-state index in [1.807, 2.05) is 18.2 Å². The molecule has 4 nitrogen and oxygen atoms in total. The monoisotopic (exact) mass is 292 g/mol. The van der Waals surface area contributed by atoms with Gasteiger partial charge in [-0.25, -0.2) is 0 Å². The van der Waals surface area contributed by atoms with Gasteiger partial charge in [0.2, 0.25) is 0 Å². The van der Waals surface area contributed by atoms with Crippen molar-refractivity contribution < 1.29 is 8.42 Å². The molecule has 2 aliphatic rings. The van der Waals surface area contributed by atoms with Crippen LogP contribution in [-0.2, 0) is 10.2 Å². The molecule has 2 aliphatic heterocycles. The van der Waals surface area contributed by atoms with Gasteiger partial charge in [0, 0.05) is 26.2 Å². The van der Waals surface area contributed by atoms with Crippen LogP contribution >= 0.6 is 0 Å². The first kappa shape index (κ1) is 13.8. The second-order valence-electron chi connectivity index (χ2n) is 5.68. The molecule has 0 N–H and O–H groups in total. The molecule has 2 atom stereocenters. The molecule has 1 aromatic carbocycles. The third kappa shape index (κ3) is 2.20. The van der Waals surface area contributed by atoms with Crippen LogP contribution in [0.1, 0.15) is 24.8 Å². The highest BCUT2D eigenvalue weighted by molar-refractivity contribution is 7.86. The van der Waals surface area contributed by atoms with E-state index in [2.05, 4.69) is 18.2 Å². The first-order valence-corrected chi connectivity index (χ1v) is 8.37. The lowest BCUT2D eigenvalue weighted by molar-refractivity contribution is 0.320. The molecule has 2 heterocycles. The molecule has 108 valence electrons. The molecular formula is C15H20N2O2S. The second-order valence-corrected chi connectivity index (χ2v) is 7.73. The number of hydrogen-bond acceptors (Lipinski definition) is 2. The van der Waals surface area contributed by atoms with Crippen LogP contribution in [-0.4, -0.2) is 43.2 Å². The van der Waals surface area contributed by atoms with Crippen molar-refractivity contribution in [3.8, 4) is 0 Å². The minimum Gasteiger partial charge on any atom is -0.195 e. The molecule has 0 saturated carbocycles. The quantitative estimate of drug-likeness (QED) is 0.856. The van der Waals surface area contributed by atoms with Gasteiger partial charge in [-0.1, -0.05) is 36.4 Å². The topological polar surface area (TPSA) is 40.6 Å². The summed E-state index contributed by atoms with van der Waals surface area (Å²) in [5, 5.41) is 0. The average Bonchev–Trinajstić information content (AvgIpc) is 2.71. The van der Waals surface area contributed by atoms with Crippen LogP contribution in [0.3, 0.4) is 0 Å².